The molecule has 184 valence electrons. The lowest BCUT2D eigenvalue weighted by Gasteiger charge is -2.35. The lowest BCUT2D eigenvalue weighted by atomic mass is 9.95. The van der Waals surface area contributed by atoms with Gasteiger partial charge in [-0.05, 0) is 61.0 Å². The molecule has 0 aliphatic rings. The Kier molecular flexibility index (Phi) is 8.00. The highest BCUT2D eigenvalue weighted by molar-refractivity contribution is 9.10. The molecule has 3 aromatic carbocycles. The van der Waals surface area contributed by atoms with Crippen LogP contribution in [0.15, 0.2) is 83.3 Å². The molecule has 1 amide bonds. The van der Waals surface area contributed by atoms with E-state index >= 15 is 0 Å². The standard InChI is InChI=1S/C29H28BrN3O3/c1-19(34)21-9-12-25(13-10-21)33(16-15-31-20(2)35)28(22-7-5-4-6-8-22)26-18-23-17-24(30)11-14-27(23)32-29(26)36-3/h4-14,17-18,28H,15-16H2,1-3H3,(H,31,35). The van der Waals surface area contributed by atoms with E-state index in [0.717, 1.165) is 32.2 Å². The van der Waals surface area contributed by atoms with Crippen LogP contribution in [0.3, 0.4) is 0 Å². The maximum Gasteiger partial charge on any atom is 0.219 e. The fraction of sp³-hybridized carbons (Fsp3) is 0.207. The van der Waals surface area contributed by atoms with Crippen LogP contribution in [0.5, 0.6) is 5.88 Å². The molecule has 36 heavy (non-hydrogen) atoms. The molecule has 0 aliphatic carbocycles. The van der Waals surface area contributed by atoms with Crippen molar-refractivity contribution in [3.63, 3.8) is 0 Å². The van der Waals surface area contributed by atoms with Gasteiger partial charge in [0.25, 0.3) is 0 Å². The summed E-state index contributed by atoms with van der Waals surface area (Å²) >= 11 is 3.57. The summed E-state index contributed by atoms with van der Waals surface area (Å²) in [5, 5.41) is 3.89. The lowest BCUT2D eigenvalue weighted by Crippen LogP contribution is -2.37. The van der Waals surface area contributed by atoms with Gasteiger partial charge in [0, 0.05) is 46.7 Å². The van der Waals surface area contributed by atoms with Crippen LogP contribution in [-0.4, -0.2) is 36.9 Å². The first kappa shape index (κ1) is 25.4. The van der Waals surface area contributed by atoms with Gasteiger partial charge in [0.05, 0.1) is 18.7 Å². The van der Waals surface area contributed by atoms with Gasteiger partial charge in [-0.15, -0.1) is 0 Å². The lowest BCUT2D eigenvalue weighted by molar-refractivity contribution is -0.118. The predicted octanol–water partition coefficient (Wildman–Crippen LogP) is 5.94. The third-order valence-corrected chi connectivity index (χ3v) is 6.51. The van der Waals surface area contributed by atoms with E-state index in [1.165, 1.54) is 6.92 Å². The average Bonchev–Trinajstić information content (AvgIpc) is 2.88. The van der Waals surface area contributed by atoms with E-state index in [2.05, 4.69) is 44.3 Å². The van der Waals surface area contributed by atoms with Gasteiger partial charge in [-0.3, -0.25) is 9.59 Å². The number of amides is 1. The van der Waals surface area contributed by atoms with Gasteiger partial charge in [0.1, 0.15) is 0 Å². The summed E-state index contributed by atoms with van der Waals surface area (Å²) in [6.07, 6.45) is 0. The highest BCUT2D eigenvalue weighted by Crippen LogP contribution is 2.38. The molecular formula is C29H28BrN3O3. The number of ketones is 1. The number of nitrogens with one attached hydrogen (secondary N) is 1. The van der Waals surface area contributed by atoms with Crippen molar-refractivity contribution in [3.8, 4) is 5.88 Å². The second kappa shape index (κ2) is 11.4. The van der Waals surface area contributed by atoms with Crippen molar-refractivity contribution < 1.29 is 14.3 Å². The van der Waals surface area contributed by atoms with Crippen LogP contribution in [0.4, 0.5) is 5.69 Å². The fourth-order valence-corrected chi connectivity index (χ4v) is 4.69. The smallest absolute Gasteiger partial charge is 0.219 e. The number of anilines is 1. The first-order valence-corrected chi connectivity index (χ1v) is 12.5. The Balaban J connectivity index is 1.91. The maximum atomic E-state index is 11.9. The number of rotatable bonds is 9. The quantitative estimate of drug-likeness (QED) is 0.263. The van der Waals surface area contributed by atoms with Crippen LogP contribution in [0.1, 0.15) is 41.4 Å². The molecule has 0 radical (unpaired) electrons. The van der Waals surface area contributed by atoms with Crippen molar-refractivity contribution in [2.24, 2.45) is 0 Å². The fourth-order valence-electron chi connectivity index (χ4n) is 4.32. The number of carbonyl (C=O) groups is 2. The van der Waals surface area contributed by atoms with Gasteiger partial charge >= 0.3 is 0 Å². The van der Waals surface area contributed by atoms with Gasteiger partial charge < -0.3 is 15.0 Å². The van der Waals surface area contributed by atoms with Crippen molar-refractivity contribution in [1.82, 2.24) is 10.3 Å². The van der Waals surface area contributed by atoms with Crippen LogP contribution >= 0.6 is 15.9 Å². The Morgan fingerprint density at radius 3 is 2.36 bits per heavy atom. The second-order valence-corrected chi connectivity index (χ2v) is 9.43. The molecule has 7 heteroatoms. The van der Waals surface area contributed by atoms with E-state index in [4.69, 9.17) is 9.72 Å². The molecule has 4 aromatic rings. The van der Waals surface area contributed by atoms with Gasteiger partial charge in [0.15, 0.2) is 5.78 Å². The molecular weight excluding hydrogens is 518 g/mol. The molecule has 1 N–H and O–H groups in total. The minimum atomic E-state index is -0.269. The van der Waals surface area contributed by atoms with Crippen LogP contribution in [0, 0.1) is 0 Å². The maximum absolute atomic E-state index is 11.9. The average molecular weight is 546 g/mol. The molecule has 0 spiro atoms. The minimum Gasteiger partial charge on any atom is -0.481 e. The van der Waals surface area contributed by atoms with Crippen LogP contribution < -0.4 is 15.0 Å². The van der Waals surface area contributed by atoms with Gasteiger partial charge in [-0.2, -0.15) is 0 Å². The summed E-state index contributed by atoms with van der Waals surface area (Å²) in [5.41, 5.74) is 4.33. The largest absolute Gasteiger partial charge is 0.481 e. The Bertz CT molecular complexity index is 1370. The topological polar surface area (TPSA) is 71.5 Å². The molecule has 0 bridgehead atoms. The monoisotopic (exact) mass is 545 g/mol. The van der Waals surface area contributed by atoms with Crippen molar-refractivity contribution in [2.75, 3.05) is 25.1 Å². The van der Waals surface area contributed by atoms with Crippen molar-refractivity contribution in [3.05, 3.63) is 100 Å². The number of fused-ring (bicyclic) bond motifs is 1. The number of Topliss-reactive ketones (excluding diaryl/α,β-unsaturated/α-hetero) is 1. The number of nitrogens with zero attached hydrogens (tertiary/aromatic N) is 2. The number of hydrogen-bond acceptors (Lipinski definition) is 5. The SMILES string of the molecule is COc1nc2ccc(Br)cc2cc1C(c1ccccc1)N(CCNC(C)=O)c1ccc(C(C)=O)cc1. The molecule has 4 rings (SSSR count). The van der Waals surface area contributed by atoms with E-state index in [0.29, 0.717) is 24.5 Å². The van der Waals surface area contributed by atoms with Crippen LogP contribution in [0.25, 0.3) is 10.9 Å². The molecule has 1 aromatic heterocycles. The zero-order valence-corrected chi connectivity index (χ0v) is 22.1. The second-order valence-electron chi connectivity index (χ2n) is 8.52. The van der Waals surface area contributed by atoms with E-state index in [1.54, 1.807) is 14.0 Å². The molecule has 0 saturated heterocycles. The first-order valence-electron chi connectivity index (χ1n) is 11.7. The Morgan fingerprint density at radius 2 is 1.72 bits per heavy atom. The summed E-state index contributed by atoms with van der Waals surface area (Å²) in [6, 6.07) is 25.5. The van der Waals surface area contributed by atoms with E-state index in [-0.39, 0.29) is 17.7 Å². The molecule has 1 atom stereocenters. The summed E-state index contributed by atoms with van der Waals surface area (Å²) in [5.74, 6) is 0.452. The number of benzene rings is 3. The highest BCUT2D eigenvalue weighted by Gasteiger charge is 2.27. The summed E-state index contributed by atoms with van der Waals surface area (Å²) in [4.78, 5) is 30.6. The minimum absolute atomic E-state index is 0.0110. The van der Waals surface area contributed by atoms with Gasteiger partial charge in [-0.1, -0.05) is 46.3 Å². The van der Waals surface area contributed by atoms with Crippen molar-refractivity contribution in [2.45, 2.75) is 19.9 Å². The van der Waals surface area contributed by atoms with Crippen LogP contribution in [-0.2, 0) is 4.79 Å². The van der Waals surface area contributed by atoms with Gasteiger partial charge in [-0.25, -0.2) is 4.98 Å². The number of carbonyl (C=O) groups excluding carboxylic acids is 2. The number of halogens is 1. The third-order valence-electron chi connectivity index (χ3n) is 6.02. The summed E-state index contributed by atoms with van der Waals surface area (Å²) < 4.78 is 6.77. The molecule has 1 unspecified atom stereocenters. The van der Waals surface area contributed by atoms with E-state index in [9.17, 15) is 9.59 Å². The Hall–Kier alpha value is -3.71. The summed E-state index contributed by atoms with van der Waals surface area (Å²) in [7, 11) is 1.63. The predicted molar refractivity (Wildman–Crippen MR) is 147 cm³/mol. The van der Waals surface area contributed by atoms with Crippen molar-refractivity contribution in [1.29, 1.82) is 0 Å². The molecule has 6 nitrogen and oxygen atoms in total. The van der Waals surface area contributed by atoms with Gasteiger partial charge in [0.2, 0.25) is 11.8 Å². The summed E-state index contributed by atoms with van der Waals surface area (Å²) in [6.45, 7) is 4.04. The Labute approximate surface area is 219 Å². The Morgan fingerprint density at radius 1 is 1.00 bits per heavy atom. The van der Waals surface area contributed by atoms with Crippen LogP contribution in [0.2, 0.25) is 0 Å². The van der Waals surface area contributed by atoms with Crippen molar-refractivity contribution >= 4 is 44.2 Å². The number of methoxy groups -OCH3 is 1. The number of ether oxygens (including phenoxy) is 1. The molecule has 1 heterocycles. The molecule has 0 aliphatic heterocycles. The first-order chi connectivity index (χ1) is 17.4. The zero-order chi connectivity index (χ0) is 25.7. The zero-order valence-electron chi connectivity index (χ0n) is 20.5. The highest BCUT2D eigenvalue weighted by atomic mass is 79.9. The number of hydrogen-bond donors (Lipinski definition) is 1. The number of pyridine rings is 1. The van der Waals surface area contributed by atoms with E-state index < -0.39 is 0 Å². The molecule has 0 saturated carbocycles. The van der Waals surface area contributed by atoms with E-state index in [1.807, 2.05) is 60.7 Å². The normalized spacial score (nSPS) is 11.7. The third kappa shape index (κ3) is 5.74. The molecule has 0 fully saturated rings. The number of aromatic nitrogens is 1.